The second-order valence-corrected chi connectivity index (χ2v) is 7.26. The van der Waals surface area contributed by atoms with Crippen molar-refractivity contribution in [1.82, 2.24) is 15.2 Å². The van der Waals surface area contributed by atoms with Gasteiger partial charge in [0.05, 0.1) is 13.7 Å². The number of benzene rings is 1. The highest BCUT2D eigenvalue weighted by Crippen LogP contribution is 2.22. The Bertz CT molecular complexity index is 814. The lowest BCUT2D eigenvalue weighted by atomic mass is 10.2. The number of guanidine groups is 1. The zero-order valence-electron chi connectivity index (χ0n) is 17.9. The maximum atomic E-state index is 5.36. The van der Waals surface area contributed by atoms with Crippen LogP contribution in [0, 0.1) is 0 Å². The number of aliphatic imine (C=N–C) groups is 1. The van der Waals surface area contributed by atoms with Crippen molar-refractivity contribution in [3.05, 3.63) is 48.2 Å². The van der Waals surface area contributed by atoms with E-state index in [4.69, 9.17) is 9.73 Å². The first-order valence-corrected chi connectivity index (χ1v) is 10.1. The van der Waals surface area contributed by atoms with Gasteiger partial charge >= 0.3 is 0 Å². The molecule has 0 radical (unpaired) electrons. The molecule has 29 heavy (non-hydrogen) atoms. The molecule has 0 unspecified atom stereocenters. The molecule has 0 bridgehead atoms. The molecule has 3 rings (SSSR count). The Labute approximate surface area is 174 Å². The zero-order valence-corrected chi connectivity index (χ0v) is 17.9. The Hall–Kier alpha value is -2.96. The topological polar surface area (TPSA) is 56.2 Å². The predicted octanol–water partition coefficient (Wildman–Crippen LogP) is 2.44. The quantitative estimate of drug-likeness (QED) is 0.598. The van der Waals surface area contributed by atoms with Gasteiger partial charge in [-0.1, -0.05) is 6.07 Å². The van der Waals surface area contributed by atoms with Gasteiger partial charge in [-0.2, -0.15) is 0 Å². The van der Waals surface area contributed by atoms with E-state index in [2.05, 4.69) is 45.2 Å². The molecule has 0 amide bonds. The second kappa shape index (κ2) is 10.0. The summed E-state index contributed by atoms with van der Waals surface area (Å²) in [7, 11) is 5.71. The van der Waals surface area contributed by atoms with Gasteiger partial charge in [0.1, 0.15) is 11.6 Å². The fourth-order valence-electron chi connectivity index (χ4n) is 3.38. The predicted molar refractivity (Wildman–Crippen MR) is 120 cm³/mol. The van der Waals surface area contributed by atoms with Crippen LogP contribution in [0.2, 0.25) is 0 Å². The highest BCUT2D eigenvalue weighted by Gasteiger charge is 2.20. The van der Waals surface area contributed by atoms with Crippen LogP contribution in [-0.4, -0.2) is 69.8 Å². The molecule has 0 saturated carbocycles. The molecule has 1 aromatic carbocycles. The number of piperazine rings is 1. The largest absolute Gasteiger partial charge is 0.497 e. The van der Waals surface area contributed by atoms with Crippen molar-refractivity contribution in [2.45, 2.75) is 13.5 Å². The summed E-state index contributed by atoms with van der Waals surface area (Å²) in [6, 6.07) is 12.4. The van der Waals surface area contributed by atoms with Gasteiger partial charge in [0.15, 0.2) is 5.96 Å². The molecule has 7 heteroatoms. The van der Waals surface area contributed by atoms with Gasteiger partial charge in [0, 0.05) is 64.8 Å². The van der Waals surface area contributed by atoms with Crippen molar-refractivity contribution in [2.75, 3.05) is 63.7 Å². The Morgan fingerprint density at radius 1 is 1.17 bits per heavy atom. The van der Waals surface area contributed by atoms with E-state index in [1.54, 1.807) is 7.11 Å². The fourth-order valence-corrected chi connectivity index (χ4v) is 3.38. The lowest BCUT2D eigenvalue weighted by Gasteiger charge is -2.37. The molecule has 156 valence electrons. The number of anilines is 2. The monoisotopic (exact) mass is 396 g/mol. The van der Waals surface area contributed by atoms with Crippen LogP contribution in [-0.2, 0) is 6.54 Å². The summed E-state index contributed by atoms with van der Waals surface area (Å²) in [5.74, 6) is 2.82. The molecule has 1 fully saturated rings. The number of hydrogen-bond donors (Lipinski definition) is 1. The standard InChI is InChI=1S/C22H32N6O/c1-5-23-22(25-17-18-9-10-24-21(15-18)26(2)3)28-13-11-27(12-14-28)19-7-6-8-20(16-19)29-4/h6-10,15-16H,5,11-14,17H2,1-4H3,(H,23,25). The normalized spacial score (nSPS) is 14.7. The summed E-state index contributed by atoms with van der Waals surface area (Å²) >= 11 is 0. The molecule has 1 saturated heterocycles. The van der Waals surface area contributed by atoms with Crippen LogP contribution in [0.15, 0.2) is 47.6 Å². The molecule has 1 aliphatic rings. The number of nitrogens with zero attached hydrogens (tertiary/aromatic N) is 5. The van der Waals surface area contributed by atoms with Crippen LogP contribution in [0.3, 0.4) is 0 Å². The van der Waals surface area contributed by atoms with Gasteiger partial charge in [-0.15, -0.1) is 0 Å². The van der Waals surface area contributed by atoms with Crippen molar-refractivity contribution in [3.8, 4) is 5.75 Å². The second-order valence-electron chi connectivity index (χ2n) is 7.26. The van der Waals surface area contributed by atoms with E-state index < -0.39 is 0 Å². The number of pyridine rings is 1. The van der Waals surface area contributed by atoms with Gasteiger partial charge in [0.2, 0.25) is 0 Å². The van der Waals surface area contributed by atoms with Gasteiger partial charge in [-0.25, -0.2) is 9.98 Å². The fraction of sp³-hybridized carbons (Fsp3) is 0.455. The third-order valence-electron chi connectivity index (χ3n) is 5.01. The number of rotatable bonds is 6. The van der Waals surface area contributed by atoms with E-state index in [9.17, 15) is 0 Å². The first kappa shape index (κ1) is 20.8. The van der Waals surface area contributed by atoms with Crippen LogP contribution in [0.1, 0.15) is 12.5 Å². The summed E-state index contributed by atoms with van der Waals surface area (Å²) in [4.78, 5) is 16.0. The first-order chi connectivity index (χ1) is 14.1. The van der Waals surface area contributed by atoms with E-state index >= 15 is 0 Å². The smallest absolute Gasteiger partial charge is 0.194 e. The van der Waals surface area contributed by atoms with E-state index in [1.807, 2.05) is 43.4 Å². The van der Waals surface area contributed by atoms with Gasteiger partial charge in [-0.05, 0) is 36.8 Å². The van der Waals surface area contributed by atoms with Crippen LogP contribution in [0.4, 0.5) is 11.5 Å². The third kappa shape index (κ3) is 5.53. The van der Waals surface area contributed by atoms with E-state index in [0.29, 0.717) is 6.54 Å². The SMILES string of the molecule is CCNC(=NCc1ccnc(N(C)C)c1)N1CCN(c2cccc(OC)c2)CC1. The van der Waals surface area contributed by atoms with Crippen molar-refractivity contribution < 1.29 is 4.74 Å². The molecular weight excluding hydrogens is 364 g/mol. The molecule has 0 atom stereocenters. The lowest BCUT2D eigenvalue weighted by Crippen LogP contribution is -2.52. The zero-order chi connectivity index (χ0) is 20.6. The average Bonchev–Trinajstić information content (AvgIpc) is 2.77. The van der Waals surface area contributed by atoms with Crippen molar-refractivity contribution >= 4 is 17.5 Å². The lowest BCUT2D eigenvalue weighted by molar-refractivity contribution is 0.372. The molecule has 0 spiro atoms. The summed E-state index contributed by atoms with van der Waals surface area (Å²) in [6.07, 6.45) is 1.85. The highest BCUT2D eigenvalue weighted by atomic mass is 16.5. The number of hydrogen-bond acceptors (Lipinski definition) is 5. The van der Waals surface area contributed by atoms with Crippen molar-refractivity contribution in [3.63, 3.8) is 0 Å². The molecule has 1 N–H and O–H groups in total. The number of ether oxygens (including phenoxy) is 1. The summed E-state index contributed by atoms with van der Waals surface area (Å²) < 4.78 is 5.36. The molecular formula is C22H32N6O. The molecule has 1 aromatic heterocycles. The number of nitrogens with one attached hydrogen (secondary N) is 1. The van der Waals surface area contributed by atoms with Gasteiger partial charge < -0.3 is 24.8 Å². The summed E-state index contributed by atoms with van der Waals surface area (Å²) in [5, 5.41) is 3.44. The van der Waals surface area contributed by atoms with Crippen LogP contribution in [0.25, 0.3) is 0 Å². The molecule has 1 aliphatic heterocycles. The van der Waals surface area contributed by atoms with Crippen molar-refractivity contribution in [2.24, 2.45) is 4.99 Å². The van der Waals surface area contributed by atoms with Crippen LogP contribution < -0.4 is 19.9 Å². The summed E-state index contributed by atoms with van der Waals surface area (Å²) in [6.45, 7) is 7.38. The molecule has 7 nitrogen and oxygen atoms in total. The third-order valence-corrected chi connectivity index (χ3v) is 5.01. The Balaban J connectivity index is 1.64. The Morgan fingerprint density at radius 2 is 1.97 bits per heavy atom. The van der Waals surface area contributed by atoms with E-state index in [-0.39, 0.29) is 0 Å². The van der Waals surface area contributed by atoms with Crippen LogP contribution >= 0.6 is 0 Å². The Kier molecular flexibility index (Phi) is 7.16. The molecule has 2 aromatic rings. The Morgan fingerprint density at radius 3 is 2.66 bits per heavy atom. The van der Waals surface area contributed by atoms with E-state index in [0.717, 1.165) is 55.8 Å². The number of aromatic nitrogens is 1. The maximum Gasteiger partial charge on any atom is 0.194 e. The minimum atomic E-state index is 0.641. The van der Waals surface area contributed by atoms with E-state index in [1.165, 1.54) is 5.69 Å². The van der Waals surface area contributed by atoms with Gasteiger partial charge in [0.25, 0.3) is 0 Å². The average molecular weight is 397 g/mol. The maximum absolute atomic E-state index is 5.36. The van der Waals surface area contributed by atoms with Crippen LogP contribution in [0.5, 0.6) is 5.75 Å². The highest BCUT2D eigenvalue weighted by molar-refractivity contribution is 5.80. The van der Waals surface area contributed by atoms with Gasteiger partial charge in [-0.3, -0.25) is 0 Å². The number of methoxy groups -OCH3 is 1. The minimum Gasteiger partial charge on any atom is -0.497 e. The van der Waals surface area contributed by atoms with Crippen molar-refractivity contribution in [1.29, 1.82) is 0 Å². The molecule has 2 heterocycles. The summed E-state index contributed by atoms with van der Waals surface area (Å²) in [5.41, 5.74) is 2.37. The minimum absolute atomic E-state index is 0.641. The first-order valence-electron chi connectivity index (χ1n) is 10.1. The molecule has 0 aliphatic carbocycles.